The Morgan fingerprint density at radius 1 is 1.13 bits per heavy atom. The fraction of sp³-hybridized carbons (Fsp3) is 0.348. The average molecular weight is 426 g/mol. The van der Waals surface area contributed by atoms with Crippen molar-refractivity contribution < 1.29 is 28.0 Å². The maximum atomic E-state index is 13.6. The second-order valence-corrected chi connectivity index (χ2v) is 7.24. The summed E-state index contributed by atoms with van der Waals surface area (Å²) in [4.78, 5) is 40.5. The first-order valence-electron chi connectivity index (χ1n) is 10.0. The number of ketones is 1. The van der Waals surface area contributed by atoms with Crippen LogP contribution in [0.4, 0.5) is 0 Å². The summed E-state index contributed by atoms with van der Waals surface area (Å²) >= 11 is 0. The van der Waals surface area contributed by atoms with Gasteiger partial charge in [0.25, 0.3) is 5.91 Å². The lowest BCUT2D eigenvalue weighted by Gasteiger charge is -2.27. The molecule has 0 N–H and O–H groups in total. The van der Waals surface area contributed by atoms with Gasteiger partial charge in [0.15, 0.2) is 11.5 Å². The molecule has 1 atom stereocenters. The van der Waals surface area contributed by atoms with Crippen LogP contribution in [-0.2, 0) is 18.3 Å². The van der Waals surface area contributed by atoms with Crippen LogP contribution in [0.15, 0.2) is 45.6 Å². The van der Waals surface area contributed by atoms with Gasteiger partial charge in [-0.05, 0) is 57.5 Å². The average Bonchev–Trinajstić information content (AvgIpc) is 3.48. The molecule has 1 unspecified atom stereocenters. The molecule has 0 aliphatic carbocycles. The van der Waals surface area contributed by atoms with E-state index < -0.39 is 17.9 Å². The molecule has 0 aliphatic heterocycles. The Hall–Kier alpha value is -3.55. The highest BCUT2D eigenvalue weighted by Gasteiger charge is 2.34. The molecule has 0 aromatic carbocycles. The van der Waals surface area contributed by atoms with Gasteiger partial charge in [-0.1, -0.05) is 0 Å². The van der Waals surface area contributed by atoms with Crippen molar-refractivity contribution in [1.29, 1.82) is 0 Å². The maximum absolute atomic E-state index is 13.6. The van der Waals surface area contributed by atoms with E-state index in [9.17, 15) is 14.4 Å². The second kappa shape index (κ2) is 9.07. The number of carbonyl (C=O) groups is 3. The first kappa shape index (κ1) is 22.1. The van der Waals surface area contributed by atoms with Crippen LogP contribution in [0.2, 0.25) is 0 Å². The van der Waals surface area contributed by atoms with Crippen LogP contribution in [0, 0.1) is 13.8 Å². The molecule has 0 bridgehead atoms. The second-order valence-electron chi connectivity index (χ2n) is 7.24. The van der Waals surface area contributed by atoms with Gasteiger partial charge in [-0.15, -0.1) is 0 Å². The lowest BCUT2D eigenvalue weighted by molar-refractivity contribution is 0.0513. The first-order chi connectivity index (χ1) is 14.8. The summed E-state index contributed by atoms with van der Waals surface area (Å²) < 4.78 is 17.5. The molecule has 8 nitrogen and oxygen atoms in total. The molecular weight excluding hydrogens is 400 g/mol. The number of nitrogens with zero attached hydrogens (tertiary/aromatic N) is 2. The highest BCUT2D eigenvalue weighted by atomic mass is 16.5. The summed E-state index contributed by atoms with van der Waals surface area (Å²) in [5.41, 5.74) is 1.87. The van der Waals surface area contributed by atoms with Crippen molar-refractivity contribution in [3.63, 3.8) is 0 Å². The van der Waals surface area contributed by atoms with Crippen LogP contribution in [0.1, 0.15) is 62.3 Å². The third kappa shape index (κ3) is 4.19. The van der Waals surface area contributed by atoms with Gasteiger partial charge in [0.05, 0.1) is 31.7 Å². The fourth-order valence-corrected chi connectivity index (χ4v) is 3.68. The van der Waals surface area contributed by atoms with E-state index in [-0.39, 0.29) is 24.7 Å². The van der Waals surface area contributed by atoms with Crippen molar-refractivity contribution in [1.82, 2.24) is 9.47 Å². The zero-order valence-corrected chi connectivity index (χ0v) is 18.3. The van der Waals surface area contributed by atoms with Gasteiger partial charge in [0.1, 0.15) is 11.5 Å². The quantitative estimate of drug-likeness (QED) is 0.400. The third-order valence-electron chi connectivity index (χ3n) is 5.39. The number of carbonyl (C=O) groups excluding carboxylic acids is 3. The number of hydrogen-bond acceptors (Lipinski definition) is 6. The van der Waals surface area contributed by atoms with Crippen LogP contribution in [-0.4, -0.2) is 39.8 Å². The molecule has 0 radical (unpaired) electrons. The number of furan rings is 2. The molecule has 0 fully saturated rings. The third-order valence-corrected chi connectivity index (χ3v) is 5.39. The molecule has 0 spiro atoms. The Morgan fingerprint density at radius 3 is 2.39 bits per heavy atom. The van der Waals surface area contributed by atoms with Gasteiger partial charge >= 0.3 is 5.97 Å². The standard InChI is InChI=1S/C23H26N2O6/c1-6-29-23(28)20-14(2)19(15(3)24(20)5)21(26)16(4)25(13-17-9-7-11-30-17)22(27)18-10-8-12-31-18/h7-12,16H,6,13H2,1-5H3. The minimum Gasteiger partial charge on any atom is -0.467 e. The van der Waals surface area contributed by atoms with Gasteiger partial charge in [-0.25, -0.2) is 4.79 Å². The zero-order chi connectivity index (χ0) is 22.7. The van der Waals surface area contributed by atoms with Crippen molar-refractivity contribution in [2.24, 2.45) is 7.05 Å². The van der Waals surface area contributed by atoms with E-state index in [0.717, 1.165) is 0 Å². The number of ether oxygens (including phenoxy) is 1. The minimum atomic E-state index is -0.836. The van der Waals surface area contributed by atoms with Crippen molar-refractivity contribution in [3.8, 4) is 0 Å². The van der Waals surface area contributed by atoms with Crippen molar-refractivity contribution in [2.75, 3.05) is 6.61 Å². The van der Waals surface area contributed by atoms with Crippen molar-refractivity contribution in [2.45, 2.75) is 40.3 Å². The molecule has 8 heteroatoms. The largest absolute Gasteiger partial charge is 0.467 e. The molecule has 31 heavy (non-hydrogen) atoms. The van der Waals surface area contributed by atoms with Gasteiger partial charge in [-0.3, -0.25) is 9.59 Å². The SMILES string of the molecule is CCOC(=O)c1c(C)c(C(=O)C(C)N(Cc2ccco2)C(=O)c2ccco2)c(C)n1C. The Labute approximate surface area is 180 Å². The molecule has 0 saturated carbocycles. The number of rotatable bonds is 8. The predicted molar refractivity (Wildman–Crippen MR) is 112 cm³/mol. The van der Waals surface area contributed by atoms with Gasteiger partial charge in [-0.2, -0.15) is 0 Å². The summed E-state index contributed by atoms with van der Waals surface area (Å²) in [5, 5.41) is 0. The van der Waals surface area contributed by atoms with Crippen LogP contribution in [0.25, 0.3) is 0 Å². The summed E-state index contributed by atoms with van der Waals surface area (Å²) in [6.07, 6.45) is 2.91. The van der Waals surface area contributed by atoms with E-state index in [0.29, 0.717) is 28.3 Å². The van der Waals surface area contributed by atoms with E-state index in [1.165, 1.54) is 17.4 Å². The summed E-state index contributed by atoms with van der Waals surface area (Å²) in [7, 11) is 1.71. The van der Waals surface area contributed by atoms with Crippen molar-refractivity contribution >= 4 is 17.7 Å². The highest BCUT2D eigenvalue weighted by Crippen LogP contribution is 2.26. The normalized spacial score (nSPS) is 11.9. The number of esters is 1. The van der Waals surface area contributed by atoms with E-state index >= 15 is 0 Å². The summed E-state index contributed by atoms with van der Waals surface area (Å²) in [6.45, 7) is 7.18. The van der Waals surface area contributed by atoms with Crippen LogP contribution in [0.3, 0.4) is 0 Å². The van der Waals surface area contributed by atoms with E-state index in [1.807, 2.05) is 0 Å². The molecule has 3 heterocycles. The lowest BCUT2D eigenvalue weighted by Crippen LogP contribution is -2.43. The topological polar surface area (TPSA) is 94.9 Å². The Bertz CT molecular complexity index is 1080. The van der Waals surface area contributed by atoms with E-state index in [1.54, 1.807) is 63.6 Å². The van der Waals surface area contributed by atoms with Crippen molar-refractivity contribution in [3.05, 3.63) is 70.8 Å². The Balaban J connectivity index is 1.99. The first-order valence-corrected chi connectivity index (χ1v) is 10.0. The number of Topliss-reactive ketones (excluding diaryl/α,β-unsaturated/α-hetero) is 1. The van der Waals surface area contributed by atoms with Gasteiger partial charge in [0, 0.05) is 18.3 Å². The number of hydrogen-bond donors (Lipinski definition) is 0. The molecule has 3 rings (SSSR count). The monoisotopic (exact) mass is 426 g/mol. The molecule has 0 saturated heterocycles. The minimum absolute atomic E-state index is 0.0924. The molecule has 0 aliphatic rings. The molecule has 164 valence electrons. The van der Waals surface area contributed by atoms with E-state index in [2.05, 4.69) is 0 Å². The molecule has 3 aromatic heterocycles. The van der Waals surface area contributed by atoms with Crippen LogP contribution >= 0.6 is 0 Å². The predicted octanol–water partition coefficient (Wildman–Crippen LogP) is 3.92. The Kier molecular flexibility index (Phi) is 6.48. The summed E-state index contributed by atoms with van der Waals surface area (Å²) in [6, 6.07) is 5.78. The van der Waals surface area contributed by atoms with Gasteiger partial charge in [0.2, 0.25) is 0 Å². The highest BCUT2D eigenvalue weighted by molar-refractivity contribution is 6.07. The van der Waals surface area contributed by atoms with Gasteiger partial charge < -0.3 is 23.0 Å². The molecule has 1 amide bonds. The summed E-state index contributed by atoms with van der Waals surface area (Å²) in [5.74, 6) is -0.545. The molecular formula is C23H26N2O6. The lowest BCUT2D eigenvalue weighted by atomic mass is 9.99. The zero-order valence-electron chi connectivity index (χ0n) is 18.3. The molecule has 3 aromatic rings. The smallest absolute Gasteiger partial charge is 0.355 e. The maximum Gasteiger partial charge on any atom is 0.355 e. The Morgan fingerprint density at radius 2 is 1.81 bits per heavy atom. The van der Waals surface area contributed by atoms with Crippen LogP contribution < -0.4 is 0 Å². The number of aromatic nitrogens is 1. The fourth-order valence-electron chi connectivity index (χ4n) is 3.68. The van der Waals surface area contributed by atoms with Crippen LogP contribution in [0.5, 0.6) is 0 Å². The number of amides is 1. The van der Waals surface area contributed by atoms with E-state index in [4.69, 9.17) is 13.6 Å².